The average Bonchev–Trinajstić information content (AvgIpc) is 2.58. The molecule has 0 saturated carbocycles. The number of ether oxygens (including phenoxy) is 1. The summed E-state index contributed by atoms with van der Waals surface area (Å²) >= 11 is 0. The summed E-state index contributed by atoms with van der Waals surface area (Å²) in [4.78, 5) is 12.5. The Morgan fingerprint density at radius 1 is 1.35 bits per heavy atom. The first kappa shape index (κ1) is 19.2. The van der Waals surface area contributed by atoms with Gasteiger partial charge in [-0.15, -0.1) is 0 Å². The maximum absolute atomic E-state index is 13.1. The molecule has 4 nitrogen and oxygen atoms in total. The van der Waals surface area contributed by atoms with Crippen molar-refractivity contribution in [1.82, 2.24) is 10.6 Å². The van der Waals surface area contributed by atoms with E-state index in [1.807, 2.05) is 6.92 Å². The van der Waals surface area contributed by atoms with Crippen LogP contribution in [0.15, 0.2) is 24.3 Å². The van der Waals surface area contributed by atoms with Gasteiger partial charge in [0.05, 0.1) is 5.56 Å². The van der Waals surface area contributed by atoms with Crippen LogP contribution in [0.4, 0.5) is 13.2 Å². The van der Waals surface area contributed by atoms with Crippen molar-refractivity contribution < 1.29 is 22.7 Å². The minimum atomic E-state index is -4.38. The molecule has 2 N–H and O–H groups in total. The Morgan fingerprint density at radius 3 is 2.62 bits per heavy atom. The van der Waals surface area contributed by atoms with Crippen molar-refractivity contribution in [2.45, 2.75) is 31.4 Å². The highest BCUT2D eigenvalue weighted by atomic mass is 19.4. The quantitative estimate of drug-likeness (QED) is 0.838. The predicted molar refractivity (Wildman–Crippen MR) is 91.7 cm³/mol. The van der Waals surface area contributed by atoms with Crippen molar-refractivity contribution in [1.29, 1.82) is 0 Å². The largest absolute Gasteiger partial charge is 0.416 e. The standard InChI is InChI=1S/C19H25F3N2O2/c1-13(14-10-23-11-14)17(25)24-12-18(5-7-26-8-6-18)15-3-2-4-16(9-15)19(20,21)22/h2-4,9,13-14,23H,5-8,10-12H2,1H3,(H,24,25). The van der Waals surface area contributed by atoms with Crippen LogP contribution in [0.25, 0.3) is 0 Å². The molecule has 1 aromatic rings. The Labute approximate surface area is 151 Å². The number of nitrogens with one attached hydrogen (secondary N) is 2. The Kier molecular flexibility index (Phi) is 5.58. The van der Waals surface area contributed by atoms with E-state index in [0.717, 1.165) is 19.2 Å². The molecule has 1 unspecified atom stereocenters. The summed E-state index contributed by atoms with van der Waals surface area (Å²) in [5.41, 5.74) is -0.553. The number of carbonyl (C=O) groups excluding carboxylic acids is 1. The van der Waals surface area contributed by atoms with Crippen molar-refractivity contribution in [2.75, 3.05) is 32.8 Å². The minimum absolute atomic E-state index is 0.0330. The molecule has 2 aliphatic rings. The third kappa shape index (κ3) is 4.04. The molecular formula is C19H25F3N2O2. The van der Waals surface area contributed by atoms with E-state index in [1.165, 1.54) is 12.1 Å². The average molecular weight is 370 g/mol. The molecule has 2 aliphatic heterocycles. The molecule has 1 amide bonds. The summed E-state index contributed by atoms with van der Waals surface area (Å²) in [7, 11) is 0. The normalized spacial score (nSPS) is 21.7. The number of rotatable bonds is 5. The molecule has 1 atom stereocenters. The fraction of sp³-hybridized carbons (Fsp3) is 0.632. The van der Waals surface area contributed by atoms with E-state index in [-0.39, 0.29) is 11.8 Å². The summed E-state index contributed by atoms with van der Waals surface area (Å²) in [6, 6.07) is 5.48. The topological polar surface area (TPSA) is 50.4 Å². The van der Waals surface area contributed by atoms with Gasteiger partial charge >= 0.3 is 6.18 Å². The summed E-state index contributed by atoms with van der Waals surface area (Å²) in [5, 5.41) is 6.15. The molecule has 0 aromatic heterocycles. The lowest BCUT2D eigenvalue weighted by Gasteiger charge is -2.39. The second-order valence-corrected chi connectivity index (χ2v) is 7.40. The fourth-order valence-corrected chi connectivity index (χ4v) is 3.65. The molecule has 7 heteroatoms. The van der Waals surface area contributed by atoms with E-state index >= 15 is 0 Å². The van der Waals surface area contributed by atoms with E-state index in [4.69, 9.17) is 4.74 Å². The molecule has 2 saturated heterocycles. The molecule has 0 spiro atoms. The molecule has 0 radical (unpaired) electrons. The molecule has 0 aliphatic carbocycles. The van der Waals surface area contributed by atoms with Crippen LogP contribution in [-0.4, -0.2) is 38.8 Å². The second-order valence-electron chi connectivity index (χ2n) is 7.40. The molecule has 144 valence electrons. The Hall–Kier alpha value is -1.60. The van der Waals surface area contributed by atoms with Crippen LogP contribution in [0.3, 0.4) is 0 Å². The molecular weight excluding hydrogens is 345 g/mol. The lowest BCUT2D eigenvalue weighted by atomic mass is 9.73. The zero-order chi connectivity index (χ0) is 18.8. The van der Waals surface area contributed by atoms with Crippen LogP contribution < -0.4 is 10.6 Å². The lowest BCUT2D eigenvalue weighted by molar-refractivity contribution is -0.137. The van der Waals surface area contributed by atoms with Crippen molar-refractivity contribution in [3.63, 3.8) is 0 Å². The number of carbonyl (C=O) groups is 1. The fourth-order valence-electron chi connectivity index (χ4n) is 3.65. The first-order valence-electron chi connectivity index (χ1n) is 9.06. The number of hydrogen-bond donors (Lipinski definition) is 2. The SMILES string of the molecule is CC(C(=O)NCC1(c2cccc(C(F)(F)F)c2)CCOCC1)C1CNC1. The zero-order valence-electron chi connectivity index (χ0n) is 14.9. The van der Waals surface area contributed by atoms with Gasteiger partial charge in [0.15, 0.2) is 0 Å². The number of benzene rings is 1. The van der Waals surface area contributed by atoms with Crippen molar-refractivity contribution in [3.05, 3.63) is 35.4 Å². The summed E-state index contributed by atoms with van der Waals surface area (Å²) in [6.07, 6.45) is -3.20. The number of amides is 1. The molecule has 1 aromatic carbocycles. The van der Waals surface area contributed by atoms with Gasteiger partial charge < -0.3 is 15.4 Å². The van der Waals surface area contributed by atoms with Crippen LogP contribution in [0.1, 0.15) is 30.9 Å². The second kappa shape index (κ2) is 7.56. The highest BCUT2D eigenvalue weighted by Crippen LogP contribution is 2.38. The third-order valence-electron chi connectivity index (χ3n) is 5.79. The van der Waals surface area contributed by atoms with E-state index in [9.17, 15) is 18.0 Å². The Bertz CT molecular complexity index is 638. The van der Waals surface area contributed by atoms with Crippen LogP contribution in [0.2, 0.25) is 0 Å². The molecule has 3 rings (SSSR count). The summed E-state index contributed by atoms with van der Waals surface area (Å²) in [5.74, 6) is 0.193. The highest BCUT2D eigenvalue weighted by molar-refractivity contribution is 5.78. The maximum atomic E-state index is 13.1. The van der Waals surface area contributed by atoms with Gasteiger partial charge in [-0.1, -0.05) is 25.1 Å². The van der Waals surface area contributed by atoms with Crippen LogP contribution in [0.5, 0.6) is 0 Å². The summed E-state index contributed by atoms with van der Waals surface area (Å²) in [6.45, 7) is 4.87. The Morgan fingerprint density at radius 2 is 2.04 bits per heavy atom. The van der Waals surface area contributed by atoms with Gasteiger partial charge in [-0.05, 0) is 43.5 Å². The Balaban J connectivity index is 1.77. The van der Waals surface area contributed by atoms with E-state index in [0.29, 0.717) is 44.1 Å². The van der Waals surface area contributed by atoms with Gasteiger partial charge in [0.2, 0.25) is 5.91 Å². The molecule has 2 heterocycles. The van der Waals surface area contributed by atoms with Gasteiger partial charge in [-0.2, -0.15) is 13.2 Å². The van der Waals surface area contributed by atoms with Gasteiger partial charge in [0.1, 0.15) is 0 Å². The van der Waals surface area contributed by atoms with E-state index in [2.05, 4.69) is 10.6 Å². The van der Waals surface area contributed by atoms with Gasteiger partial charge in [0.25, 0.3) is 0 Å². The van der Waals surface area contributed by atoms with Crippen LogP contribution >= 0.6 is 0 Å². The van der Waals surface area contributed by atoms with Crippen molar-refractivity contribution >= 4 is 5.91 Å². The number of alkyl halides is 3. The maximum Gasteiger partial charge on any atom is 0.416 e. The van der Waals surface area contributed by atoms with Gasteiger partial charge in [-0.3, -0.25) is 4.79 Å². The first-order chi connectivity index (χ1) is 12.3. The molecule has 26 heavy (non-hydrogen) atoms. The van der Waals surface area contributed by atoms with Crippen molar-refractivity contribution in [3.8, 4) is 0 Å². The minimum Gasteiger partial charge on any atom is -0.381 e. The number of halogens is 3. The van der Waals surface area contributed by atoms with E-state index in [1.54, 1.807) is 6.07 Å². The third-order valence-corrected chi connectivity index (χ3v) is 5.79. The van der Waals surface area contributed by atoms with Crippen LogP contribution in [0, 0.1) is 11.8 Å². The van der Waals surface area contributed by atoms with E-state index < -0.39 is 17.2 Å². The lowest BCUT2D eigenvalue weighted by Crippen LogP contribution is -2.51. The molecule has 2 fully saturated rings. The van der Waals surface area contributed by atoms with Crippen LogP contribution in [-0.2, 0) is 21.1 Å². The van der Waals surface area contributed by atoms with Crippen molar-refractivity contribution in [2.24, 2.45) is 11.8 Å². The first-order valence-corrected chi connectivity index (χ1v) is 9.06. The number of hydrogen-bond acceptors (Lipinski definition) is 3. The molecule has 0 bridgehead atoms. The van der Waals surface area contributed by atoms with Gasteiger partial charge in [-0.25, -0.2) is 0 Å². The monoisotopic (exact) mass is 370 g/mol. The summed E-state index contributed by atoms with van der Waals surface area (Å²) < 4.78 is 44.8. The highest BCUT2D eigenvalue weighted by Gasteiger charge is 2.38. The smallest absolute Gasteiger partial charge is 0.381 e. The van der Waals surface area contributed by atoms with Gasteiger partial charge in [0, 0.05) is 31.1 Å². The zero-order valence-corrected chi connectivity index (χ0v) is 14.9. The predicted octanol–water partition coefficient (Wildman–Crippen LogP) is 2.73.